The molecule has 0 aliphatic carbocycles. The molecule has 7 heteroatoms. The van der Waals surface area contributed by atoms with Gasteiger partial charge < -0.3 is 15.3 Å². The average molecular weight is 338 g/mol. The predicted molar refractivity (Wildman–Crippen MR) is 90.5 cm³/mol. The van der Waals surface area contributed by atoms with Crippen LogP contribution in [0.25, 0.3) is 0 Å². The maximum Gasteiger partial charge on any atom is 0.323 e. The molecule has 23 heavy (non-hydrogen) atoms. The number of hydrogen-bond acceptors (Lipinski definition) is 4. The van der Waals surface area contributed by atoms with Gasteiger partial charge in [0, 0.05) is 23.5 Å². The summed E-state index contributed by atoms with van der Waals surface area (Å²) in [5.41, 5.74) is 0.690. The lowest BCUT2D eigenvalue weighted by Crippen LogP contribution is -2.44. The van der Waals surface area contributed by atoms with Crippen LogP contribution in [0.4, 0.5) is 5.69 Å². The van der Waals surface area contributed by atoms with Gasteiger partial charge in [0.1, 0.15) is 6.54 Å². The van der Waals surface area contributed by atoms with Crippen molar-refractivity contribution >= 4 is 35.2 Å². The summed E-state index contributed by atoms with van der Waals surface area (Å²) in [5, 5.41) is 11.2. The van der Waals surface area contributed by atoms with Gasteiger partial charge in [-0.1, -0.05) is 0 Å². The van der Waals surface area contributed by atoms with Gasteiger partial charge in [-0.3, -0.25) is 14.4 Å². The Labute approximate surface area is 140 Å². The highest BCUT2D eigenvalue weighted by Crippen LogP contribution is 2.26. The Bertz CT molecular complexity index is 572. The Morgan fingerprint density at radius 3 is 2.17 bits per heavy atom. The second-order valence-electron chi connectivity index (χ2n) is 5.42. The highest BCUT2D eigenvalue weighted by molar-refractivity contribution is 8.00. The van der Waals surface area contributed by atoms with Crippen LogP contribution in [-0.2, 0) is 14.4 Å². The SMILES string of the molecule is CC(=O)Nc1ccc(SC(C)C(=O)N(CC(=O)O)C(C)C)cc1. The zero-order valence-electron chi connectivity index (χ0n) is 13.7. The first kappa shape index (κ1) is 19.0. The predicted octanol–water partition coefficient (Wildman–Crippen LogP) is 2.45. The average Bonchev–Trinajstić information content (AvgIpc) is 2.45. The van der Waals surface area contributed by atoms with Crippen molar-refractivity contribution in [2.24, 2.45) is 0 Å². The number of nitrogens with zero attached hydrogens (tertiary/aromatic N) is 1. The van der Waals surface area contributed by atoms with Crippen LogP contribution in [0, 0.1) is 0 Å². The van der Waals surface area contributed by atoms with Crippen molar-refractivity contribution in [1.29, 1.82) is 0 Å². The van der Waals surface area contributed by atoms with Gasteiger partial charge in [-0.15, -0.1) is 11.8 Å². The molecule has 0 saturated heterocycles. The van der Waals surface area contributed by atoms with E-state index in [-0.39, 0.29) is 24.4 Å². The van der Waals surface area contributed by atoms with Crippen LogP contribution in [0.1, 0.15) is 27.7 Å². The number of thioether (sulfide) groups is 1. The molecule has 0 heterocycles. The Morgan fingerprint density at radius 2 is 1.74 bits per heavy atom. The molecular formula is C16H22N2O4S. The number of rotatable bonds is 7. The summed E-state index contributed by atoms with van der Waals surface area (Å²) in [6, 6.07) is 6.98. The highest BCUT2D eigenvalue weighted by Gasteiger charge is 2.25. The van der Waals surface area contributed by atoms with Gasteiger partial charge in [0.2, 0.25) is 11.8 Å². The monoisotopic (exact) mass is 338 g/mol. The largest absolute Gasteiger partial charge is 0.480 e. The summed E-state index contributed by atoms with van der Waals surface area (Å²) >= 11 is 1.36. The Morgan fingerprint density at radius 1 is 1.17 bits per heavy atom. The van der Waals surface area contributed by atoms with Crippen molar-refractivity contribution in [2.75, 3.05) is 11.9 Å². The third-order valence-corrected chi connectivity index (χ3v) is 4.15. The summed E-state index contributed by atoms with van der Waals surface area (Å²) in [6.07, 6.45) is 0. The van der Waals surface area contributed by atoms with E-state index in [1.807, 2.05) is 12.1 Å². The maximum absolute atomic E-state index is 12.4. The Kier molecular flexibility index (Phi) is 7.09. The summed E-state index contributed by atoms with van der Waals surface area (Å²) in [4.78, 5) is 36.5. The van der Waals surface area contributed by atoms with Gasteiger partial charge in [0.05, 0.1) is 5.25 Å². The number of carbonyl (C=O) groups is 3. The van der Waals surface area contributed by atoms with Crippen molar-refractivity contribution in [2.45, 2.75) is 43.9 Å². The summed E-state index contributed by atoms with van der Waals surface area (Å²) in [5.74, 6) is -1.38. The molecule has 1 aromatic carbocycles. The van der Waals surface area contributed by atoms with E-state index in [1.165, 1.54) is 23.6 Å². The van der Waals surface area contributed by atoms with E-state index in [9.17, 15) is 14.4 Å². The van der Waals surface area contributed by atoms with E-state index in [0.717, 1.165) is 4.90 Å². The minimum absolute atomic E-state index is 0.143. The van der Waals surface area contributed by atoms with Gasteiger partial charge in [-0.05, 0) is 45.0 Å². The summed E-state index contributed by atoms with van der Waals surface area (Å²) in [6.45, 7) is 6.47. The van der Waals surface area contributed by atoms with Gasteiger partial charge in [-0.25, -0.2) is 0 Å². The molecule has 0 aromatic heterocycles. The van der Waals surface area contributed by atoms with Crippen LogP contribution < -0.4 is 5.32 Å². The number of amides is 2. The second kappa shape index (κ2) is 8.57. The molecule has 1 atom stereocenters. The molecule has 0 radical (unpaired) electrons. The summed E-state index contributed by atoms with van der Waals surface area (Å²) in [7, 11) is 0. The van der Waals surface area contributed by atoms with Crippen LogP contribution in [0.5, 0.6) is 0 Å². The Balaban J connectivity index is 2.73. The molecule has 0 spiro atoms. The number of nitrogens with one attached hydrogen (secondary N) is 1. The van der Waals surface area contributed by atoms with Crippen LogP contribution in [0.2, 0.25) is 0 Å². The molecule has 2 amide bonds. The molecule has 1 aromatic rings. The van der Waals surface area contributed by atoms with E-state index in [0.29, 0.717) is 5.69 Å². The first-order chi connectivity index (χ1) is 10.7. The van der Waals surface area contributed by atoms with Crippen molar-refractivity contribution in [1.82, 2.24) is 4.90 Å². The van der Waals surface area contributed by atoms with Gasteiger partial charge in [0.25, 0.3) is 0 Å². The number of hydrogen-bond donors (Lipinski definition) is 2. The molecule has 126 valence electrons. The van der Waals surface area contributed by atoms with Crippen LogP contribution in [0.3, 0.4) is 0 Å². The zero-order valence-corrected chi connectivity index (χ0v) is 14.5. The minimum Gasteiger partial charge on any atom is -0.480 e. The third kappa shape index (κ3) is 6.32. The van der Waals surface area contributed by atoms with E-state index < -0.39 is 11.2 Å². The number of carboxylic acids is 1. The molecular weight excluding hydrogens is 316 g/mol. The lowest BCUT2D eigenvalue weighted by atomic mass is 10.2. The van der Waals surface area contributed by atoms with Crippen LogP contribution in [0.15, 0.2) is 29.2 Å². The van der Waals surface area contributed by atoms with Crippen LogP contribution >= 0.6 is 11.8 Å². The molecule has 1 rings (SSSR count). The maximum atomic E-state index is 12.4. The van der Waals surface area contributed by atoms with Crippen molar-refractivity contribution in [3.63, 3.8) is 0 Å². The number of carboxylic acid groups (broad SMARTS) is 1. The molecule has 6 nitrogen and oxygen atoms in total. The quantitative estimate of drug-likeness (QED) is 0.746. The van der Waals surface area contributed by atoms with Crippen LogP contribution in [-0.4, -0.2) is 45.6 Å². The topological polar surface area (TPSA) is 86.7 Å². The third-order valence-electron chi connectivity index (χ3n) is 3.05. The van der Waals surface area contributed by atoms with Gasteiger partial charge in [-0.2, -0.15) is 0 Å². The lowest BCUT2D eigenvalue weighted by Gasteiger charge is -2.27. The molecule has 1 unspecified atom stereocenters. The minimum atomic E-state index is -1.02. The Hall–Kier alpha value is -2.02. The van der Waals surface area contributed by atoms with E-state index in [1.54, 1.807) is 32.9 Å². The first-order valence-electron chi connectivity index (χ1n) is 7.27. The molecule has 0 aliphatic heterocycles. The number of benzene rings is 1. The van der Waals surface area contributed by atoms with E-state index in [4.69, 9.17) is 5.11 Å². The molecule has 2 N–H and O–H groups in total. The fraction of sp³-hybridized carbons (Fsp3) is 0.438. The van der Waals surface area contributed by atoms with Gasteiger partial charge in [0.15, 0.2) is 0 Å². The molecule has 0 fully saturated rings. The fourth-order valence-electron chi connectivity index (χ4n) is 1.97. The van der Waals surface area contributed by atoms with Crippen molar-refractivity contribution < 1.29 is 19.5 Å². The number of carbonyl (C=O) groups excluding carboxylic acids is 2. The molecule has 0 aliphatic rings. The van der Waals surface area contributed by atoms with E-state index >= 15 is 0 Å². The smallest absolute Gasteiger partial charge is 0.323 e. The molecule has 0 bridgehead atoms. The number of anilines is 1. The first-order valence-corrected chi connectivity index (χ1v) is 8.15. The number of aliphatic carboxylic acids is 1. The zero-order chi connectivity index (χ0) is 17.6. The molecule has 0 saturated carbocycles. The van der Waals surface area contributed by atoms with Crippen molar-refractivity contribution in [3.05, 3.63) is 24.3 Å². The summed E-state index contributed by atoms with van der Waals surface area (Å²) < 4.78 is 0. The van der Waals surface area contributed by atoms with Gasteiger partial charge >= 0.3 is 5.97 Å². The normalized spacial score (nSPS) is 11.9. The van der Waals surface area contributed by atoms with Crippen molar-refractivity contribution in [3.8, 4) is 0 Å². The second-order valence-corrected chi connectivity index (χ2v) is 6.83. The van der Waals surface area contributed by atoms with E-state index in [2.05, 4.69) is 5.32 Å². The standard InChI is InChI=1S/C16H22N2O4S/c1-10(2)18(9-15(20)21)16(22)11(3)23-14-7-5-13(6-8-14)17-12(4)19/h5-8,10-11H,9H2,1-4H3,(H,17,19)(H,20,21). The lowest BCUT2D eigenvalue weighted by molar-refractivity contribution is -0.145. The highest BCUT2D eigenvalue weighted by atomic mass is 32.2. The fourth-order valence-corrected chi connectivity index (χ4v) is 2.91.